The third-order valence-corrected chi connectivity index (χ3v) is 2.58. The molecule has 2 rings (SSSR count). The van der Waals surface area contributed by atoms with E-state index in [4.69, 9.17) is 4.74 Å². The zero-order valence-corrected chi connectivity index (χ0v) is 9.98. The first-order chi connectivity index (χ1) is 8.19. The number of hydrogen-bond donors (Lipinski definition) is 1. The molecule has 0 aromatic carbocycles. The predicted octanol–water partition coefficient (Wildman–Crippen LogP) is 0.897. The van der Waals surface area contributed by atoms with Crippen molar-refractivity contribution < 1.29 is 9.53 Å². The summed E-state index contributed by atoms with van der Waals surface area (Å²) < 4.78 is 4.90. The van der Waals surface area contributed by atoms with Gasteiger partial charge >= 0.3 is 0 Å². The fraction of sp³-hybridized carbons (Fsp3) is 0.222. The summed E-state index contributed by atoms with van der Waals surface area (Å²) in [6.45, 7) is 1.81. The summed E-state index contributed by atoms with van der Waals surface area (Å²) >= 11 is 1.29. The van der Waals surface area contributed by atoms with E-state index in [1.165, 1.54) is 30.8 Å². The van der Waals surface area contributed by atoms with Crippen LogP contribution in [0.2, 0.25) is 0 Å². The van der Waals surface area contributed by atoms with Crippen molar-refractivity contribution in [1.82, 2.24) is 20.2 Å². The molecule has 2 aromatic rings. The molecule has 0 saturated heterocycles. The van der Waals surface area contributed by atoms with Crippen LogP contribution in [0.25, 0.3) is 0 Å². The molecule has 2 heterocycles. The van der Waals surface area contributed by atoms with Crippen LogP contribution in [-0.2, 0) is 0 Å². The zero-order chi connectivity index (χ0) is 12.3. The summed E-state index contributed by atoms with van der Waals surface area (Å²) in [4.78, 5) is 19.4. The molecule has 0 radical (unpaired) electrons. The zero-order valence-electron chi connectivity index (χ0n) is 9.17. The van der Waals surface area contributed by atoms with E-state index in [0.717, 1.165) is 5.01 Å². The predicted molar refractivity (Wildman–Crippen MR) is 61.2 cm³/mol. The average molecular weight is 251 g/mol. The lowest BCUT2D eigenvalue weighted by molar-refractivity contribution is 0.102. The summed E-state index contributed by atoms with van der Waals surface area (Å²) in [5, 5.41) is 11.4. The van der Waals surface area contributed by atoms with Gasteiger partial charge in [-0.15, -0.1) is 10.2 Å². The molecule has 1 N–H and O–H groups in total. The van der Waals surface area contributed by atoms with Crippen molar-refractivity contribution in [3.8, 4) is 5.88 Å². The molecular weight excluding hydrogens is 242 g/mol. The number of amides is 1. The minimum atomic E-state index is -0.373. The van der Waals surface area contributed by atoms with Crippen molar-refractivity contribution in [2.24, 2.45) is 0 Å². The van der Waals surface area contributed by atoms with Gasteiger partial charge in [-0.25, -0.2) is 9.97 Å². The van der Waals surface area contributed by atoms with Crippen LogP contribution in [-0.4, -0.2) is 33.2 Å². The first kappa shape index (κ1) is 11.4. The molecule has 0 bridgehead atoms. The maximum atomic E-state index is 11.8. The third kappa shape index (κ3) is 2.72. The standard InChI is InChI=1S/C9H9N5O2S/c1-5-13-14-9(17-5)12-8(15)6-3-7(16-2)11-4-10-6/h3-4H,1-2H3,(H,12,14,15). The normalized spacial score (nSPS) is 10.0. The third-order valence-electron chi connectivity index (χ3n) is 1.83. The van der Waals surface area contributed by atoms with E-state index >= 15 is 0 Å². The lowest BCUT2D eigenvalue weighted by Crippen LogP contribution is -2.13. The van der Waals surface area contributed by atoms with Crippen LogP contribution in [0.4, 0.5) is 5.13 Å². The van der Waals surface area contributed by atoms with Crippen molar-refractivity contribution in [2.75, 3.05) is 12.4 Å². The van der Waals surface area contributed by atoms with Gasteiger partial charge in [0, 0.05) is 6.07 Å². The number of nitrogens with one attached hydrogen (secondary N) is 1. The summed E-state index contributed by atoms with van der Waals surface area (Å²) in [5.41, 5.74) is 0.213. The van der Waals surface area contributed by atoms with Gasteiger partial charge in [-0.2, -0.15) is 0 Å². The molecule has 2 aromatic heterocycles. The van der Waals surface area contributed by atoms with Crippen LogP contribution in [0, 0.1) is 6.92 Å². The minimum Gasteiger partial charge on any atom is -0.481 e. The maximum Gasteiger partial charge on any atom is 0.276 e. The molecule has 0 atom stereocenters. The highest BCUT2D eigenvalue weighted by Crippen LogP contribution is 2.15. The summed E-state index contributed by atoms with van der Waals surface area (Å²) in [6.07, 6.45) is 1.26. The van der Waals surface area contributed by atoms with Gasteiger partial charge in [0.05, 0.1) is 7.11 Å². The fourth-order valence-electron chi connectivity index (χ4n) is 1.08. The molecule has 0 saturated carbocycles. The highest BCUT2D eigenvalue weighted by atomic mass is 32.1. The monoisotopic (exact) mass is 251 g/mol. The smallest absolute Gasteiger partial charge is 0.276 e. The Hall–Kier alpha value is -2.09. The van der Waals surface area contributed by atoms with Crippen LogP contribution in [0.15, 0.2) is 12.4 Å². The number of rotatable bonds is 3. The van der Waals surface area contributed by atoms with Gasteiger partial charge < -0.3 is 4.74 Å². The molecule has 0 spiro atoms. The molecule has 0 unspecified atom stereocenters. The number of hydrogen-bond acceptors (Lipinski definition) is 7. The van der Waals surface area contributed by atoms with Gasteiger partial charge in [-0.3, -0.25) is 10.1 Å². The van der Waals surface area contributed by atoms with Crippen LogP contribution in [0.1, 0.15) is 15.5 Å². The molecule has 7 nitrogen and oxygen atoms in total. The molecule has 17 heavy (non-hydrogen) atoms. The second kappa shape index (κ2) is 4.83. The molecule has 0 aliphatic rings. The highest BCUT2D eigenvalue weighted by molar-refractivity contribution is 7.15. The van der Waals surface area contributed by atoms with E-state index in [2.05, 4.69) is 25.5 Å². The second-order valence-corrected chi connectivity index (χ2v) is 4.21. The van der Waals surface area contributed by atoms with Gasteiger partial charge in [-0.1, -0.05) is 11.3 Å². The van der Waals surface area contributed by atoms with E-state index < -0.39 is 0 Å². The van der Waals surface area contributed by atoms with Gasteiger partial charge in [0.1, 0.15) is 17.0 Å². The van der Waals surface area contributed by atoms with Crippen LogP contribution in [0.5, 0.6) is 5.88 Å². The Morgan fingerprint density at radius 3 is 2.88 bits per heavy atom. The maximum absolute atomic E-state index is 11.8. The fourth-order valence-corrected chi connectivity index (χ4v) is 1.67. The average Bonchev–Trinajstić information content (AvgIpc) is 2.75. The molecule has 88 valence electrons. The molecule has 0 fully saturated rings. The number of aromatic nitrogens is 4. The Kier molecular flexibility index (Phi) is 3.24. The summed E-state index contributed by atoms with van der Waals surface area (Å²) in [7, 11) is 1.47. The van der Waals surface area contributed by atoms with Crippen molar-refractivity contribution in [1.29, 1.82) is 0 Å². The summed E-state index contributed by atoms with van der Waals surface area (Å²) in [5.74, 6) is -0.0413. The van der Waals surface area contributed by atoms with E-state index in [0.29, 0.717) is 11.0 Å². The lowest BCUT2D eigenvalue weighted by Gasteiger charge is -2.01. The van der Waals surface area contributed by atoms with Crippen LogP contribution < -0.4 is 10.1 Å². The van der Waals surface area contributed by atoms with E-state index in [1.807, 2.05) is 0 Å². The molecule has 1 amide bonds. The Labute approximate surface area is 101 Å². The van der Waals surface area contributed by atoms with Gasteiger partial charge in [0.15, 0.2) is 0 Å². The number of aryl methyl sites for hydroxylation is 1. The van der Waals surface area contributed by atoms with Crippen molar-refractivity contribution in [3.63, 3.8) is 0 Å². The number of anilines is 1. The number of methoxy groups -OCH3 is 1. The number of nitrogens with zero attached hydrogens (tertiary/aromatic N) is 4. The highest BCUT2D eigenvalue weighted by Gasteiger charge is 2.11. The Morgan fingerprint density at radius 2 is 2.24 bits per heavy atom. The SMILES string of the molecule is COc1cc(C(=O)Nc2nnc(C)s2)ncn1. The number of carbonyl (C=O) groups is 1. The largest absolute Gasteiger partial charge is 0.481 e. The quantitative estimate of drug-likeness (QED) is 0.871. The number of carbonyl (C=O) groups excluding carboxylic acids is 1. The van der Waals surface area contributed by atoms with E-state index in [1.54, 1.807) is 6.92 Å². The Morgan fingerprint density at radius 1 is 1.41 bits per heavy atom. The molecule has 0 aliphatic heterocycles. The minimum absolute atomic E-state index is 0.213. The van der Waals surface area contributed by atoms with E-state index in [9.17, 15) is 4.79 Å². The molecule has 8 heteroatoms. The first-order valence-electron chi connectivity index (χ1n) is 4.66. The van der Waals surface area contributed by atoms with Crippen molar-refractivity contribution >= 4 is 22.4 Å². The molecule has 0 aliphatic carbocycles. The molecular formula is C9H9N5O2S. The Bertz CT molecular complexity index is 542. The lowest BCUT2D eigenvalue weighted by atomic mass is 10.4. The van der Waals surface area contributed by atoms with Crippen molar-refractivity contribution in [2.45, 2.75) is 6.92 Å². The van der Waals surface area contributed by atoms with Gasteiger partial charge in [0.2, 0.25) is 11.0 Å². The van der Waals surface area contributed by atoms with Gasteiger partial charge in [0.25, 0.3) is 5.91 Å². The topological polar surface area (TPSA) is 89.9 Å². The number of ether oxygens (including phenoxy) is 1. The van der Waals surface area contributed by atoms with Crippen LogP contribution >= 0.6 is 11.3 Å². The second-order valence-electron chi connectivity index (χ2n) is 3.03. The summed E-state index contributed by atoms with van der Waals surface area (Å²) in [6, 6.07) is 1.45. The van der Waals surface area contributed by atoms with Crippen LogP contribution in [0.3, 0.4) is 0 Å². The van der Waals surface area contributed by atoms with Gasteiger partial charge in [-0.05, 0) is 6.92 Å². The van der Waals surface area contributed by atoms with Crippen molar-refractivity contribution in [3.05, 3.63) is 23.1 Å². The first-order valence-corrected chi connectivity index (χ1v) is 5.48. The Balaban J connectivity index is 2.14. The van der Waals surface area contributed by atoms with E-state index in [-0.39, 0.29) is 11.6 Å².